The van der Waals surface area contributed by atoms with Gasteiger partial charge in [0.15, 0.2) is 0 Å². The molecule has 1 aromatic carbocycles. The first-order valence-corrected chi connectivity index (χ1v) is 7.57. The maximum Gasteiger partial charge on any atom is 0.319 e. The van der Waals surface area contributed by atoms with Crippen molar-refractivity contribution in [2.75, 3.05) is 5.32 Å². The Bertz CT molecular complexity index is 595. The van der Waals surface area contributed by atoms with Crippen LogP contribution in [0.3, 0.4) is 0 Å². The quantitative estimate of drug-likeness (QED) is 0.852. The van der Waals surface area contributed by atoms with Gasteiger partial charge in [-0.05, 0) is 64.5 Å². The highest BCUT2D eigenvalue weighted by molar-refractivity contribution is 9.10. The Morgan fingerprint density at radius 2 is 2.11 bits per heavy atom. The first-order chi connectivity index (χ1) is 9.06. The predicted molar refractivity (Wildman–Crippen MR) is 83.8 cm³/mol. The fraction of sp³-hybridized carbons (Fsp3) is 0.214. The Kier molecular flexibility index (Phi) is 4.61. The van der Waals surface area contributed by atoms with E-state index in [1.54, 1.807) is 11.3 Å². The number of thiophene rings is 1. The summed E-state index contributed by atoms with van der Waals surface area (Å²) in [5, 5.41) is 7.71. The maximum atomic E-state index is 11.8. The molecule has 0 saturated heterocycles. The summed E-state index contributed by atoms with van der Waals surface area (Å²) in [7, 11) is 0. The lowest BCUT2D eigenvalue weighted by Gasteiger charge is -2.09. The van der Waals surface area contributed by atoms with Gasteiger partial charge in [0, 0.05) is 9.35 Å². The van der Waals surface area contributed by atoms with Gasteiger partial charge in [0.2, 0.25) is 0 Å². The Hall–Kier alpha value is -1.33. The zero-order valence-electron chi connectivity index (χ0n) is 10.8. The van der Waals surface area contributed by atoms with Crippen LogP contribution in [0, 0.1) is 13.8 Å². The predicted octanol–water partition coefficient (Wildman–Crippen LogP) is 4.45. The van der Waals surface area contributed by atoms with Gasteiger partial charge in [-0.2, -0.15) is 0 Å². The number of rotatable bonds is 3. The Balaban J connectivity index is 1.93. The van der Waals surface area contributed by atoms with Gasteiger partial charge in [-0.15, -0.1) is 11.3 Å². The molecule has 2 amide bonds. The molecule has 0 fully saturated rings. The van der Waals surface area contributed by atoms with Crippen molar-refractivity contribution in [3.63, 3.8) is 0 Å². The Morgan fingerprint density at radius 1 is 1.32 bits per heavy atom. The second kappa shape index (κ2) is 6.21. The topological polar surface area (TPSA) is 41.1 Å². The number of hydrogen-bond donors (Lipinski definition) is 2. The number of urea groups is 1. The SMILES string of the molecule is Cc1ccc(NC(=O)NCc2sccc2C)c(Br)c1. The third-order valence-corrected chi connectivity index (χ3v) is 4.43. The molecule has 0 aliphatic heterocycles. The van der Waals surface area contributed by atoms with Crippen molar-refractivity contribution < 1.29 is 4.79 Å². The molecule has 1 heterocycles. The van der Waals surface area contributed by atoms with E-state index in [2.05, 4.69) is 32.6 Å². The molecule has 19 heavy (non-hydrogen) atoms. The van der Waals surface area contributed by atoms with Crippen LogP contribution in [0.2, 0.25) is 0 Å². The summed E-state index contributed by atoms with van der Waals surface area (Å²) in [5.74, 6) is 0. The molecule has 2 aromatic rings. The number of amides is 2. The highest BCUT2D eigenvalue weighted by atomic mass is 79.9. The van der Waals surface area contributed by atoms with Crippen LogP contribution in [0.25, 0.3) is 0 Å². The summed E-state index contributed by atoms with van der Waals surface area (Å²) in [6.45, 7) is 4.61. The number of halogens is 1. The van der Waals surface area contributed by atoms with Gasteiger partial charge < -0.3 is 10.6 Å². The molecule has 5 heteroatoms. The normalized spacial score (nSPS) is 10.3. The van der Waals surface area contributed by atoms with E-state index in [1.807, 2.05) is 37.4 Å². The molecule has 0 spiro atoms. The van der Waals surface area contributed by atoms with Crippen molar-refractivity contribution in [1.29, 1.82) is 0 Å². The van der Waals surface area contributed by atoms with E-state index in [1.165, 1.54) is 10.4 Å². The lowest BCUT2D eigenvalue weighted by atomic mass is 10.2. The van der Waals surface area contributed by atoms with Crippen molar-refractivity contribution in [2.24, 2.45) is 0 Å². The second-order valence-corrected chi connectivity index (χ2v) is 6.17. The lowest BCUT2D eigenvalue weighted by molar-refractivity contribution is 0.252. The highest BCUT2D eigenvalue weighted by Crippen LogP contribution is 2.23. The summed E-state index contributed by atoms with van der Waals surface area (Å²) in [4.78, 5) is 13.0. The Labute approximate surface area is 125 Å². The number of aryl methyl sites for hydroxylation is 2. The number of nitrogens with one attached hydrogen (secondary N) is 2. The average molecular weight is 339 g/mol. The van der Waals surface area contributed by atoms with Crippen LogP contribution in [0.1, 0.15) is 16.0 Å². The minimum atomic E-state index is -0.197. The van der Waals surface area contributed by atoms with Gasteiger partial charge in [-0.25, -0.2) is 4.79 Å². The van der Waals surface area contributed by atoms with E-state index in [-0.39, 0.29) is 6.03 Å². The van der Waals surface area contributed by atoms with E-state index in [9.17, 15) is 4.79 Å². The van der Waals surface area contributed by atoms with Crippen LogP contribution in [0.4, 0.5) is 10.5 Å². The molecule has 0 aliphatic rings. The van der Waals surface area contributed by atoms with Gasteiger partial charge >= 0.3 is 6.03 Å². The van der Waals surface area contributed by atoms with E-state index in [0.29, 0.717) is 6.54 Å². The molecular formula is C14H15BrN2OS. The molecule has 0 radical (unpaired) electrons. The molecule has 2 N–H and O–H groups in total. The zero-order valence-corrected chi connectivity index (χ0v) is 13.2. The molecule has 0 atom stereocenters. The smallest absolute Gasteiger partial charge is 0.319 e. The summed E-state index contributed by atoms with van der Waals surface area (Å²) in [6, 6.07) is 7.67. The molecule has 0 bridgehead atoms. The molecule has 0 unspecified atom stereocenters. The van der Waals surface area contributed by atoms with Gasteiger partial charge in [0.1, 0.15) is 0 Å². The molecule has 0 aliphatic carbocycles. The summed E-state index contributed by atoms with van der Waals surface area (Å²) < 4.78 is 0.884. The standard InChI is InChI=1S/C14H15BrN2OS/c1-9-3-4-12(11(15)7-9)17-14(18)16-8-13-10(2)5-6-19-13/h3-7H,8H2,1-2H3,(H2,16,17,18). The van der Waals surface area contributed by atoms with Crippen LogP contribution < -0.4 is 10.6 Å². The van der Waals surface area contributed by atoms with Crippen LogP contribution in [0.15, 0.2) is 34.1 Å². The fourth-order valence-electron chi connectivity index (χ4n) is 1.63. The van der Waals surface area contributed by atoms with E-state index >= 15 is 0 Å². The van der Waals surface area contributed by atoms with E-state index in [4.69, 9.17) is 0 Å². The van der Waals surface area contributed by atoms with Crippen molar-refractivity contribution in [3.05, 3.63) is 50.1 Å². The van der Waals surface area contributed by atoms with Crippen molar-refractivity contribution in [2.45, 2.75) is 20.4 Å². The molecule has 2 rings (SSSR count). The van der Waals surface area contributed by atoms with Gasteiger partial charge in [0.05, 0.1) is 12.2 Å². The van der Waals surface area contributed by atoms with Crippen LogP contribution >= 0.6 is 27.3 Å². The number of carbonyl (C=O) groups excluding carboxylic acids is 1. The lowest BCUT2D eigenvalue weighted by Crippen LogP contribution is -2.28. The van der Waals surface area contributed by atoms with Gasteiger partial charge in [-0.3, -0.25) is 0 Å². The minimum absolute atomic E-state index is 0.197. The number of benzene rings is 1. The minimum Gasteiger partial charge on any atom is -0.333 e. The van der Waals surface area contributed by atoms with Crippen molar-refractivity contribution >= 4 is 39.0 Å². The van der Waals surface area contributed by atoms with E-state index < -0.39 is 0 Å². The largest absolute Gasteiger partial charge is 0.333 e. The third-order valence-electron chi connectivity index (χ3n) is 2.75. The first-order valence-electron chi connectivity index (χ1n) is 5.90. The van der Waals surface area contributed by atoms with Gasteiger partial charge in [0.25, 0.3) is 0 Å². The zero-order chi connectivity index (χ0) is 13.8. The molecule has 100 valence electrons. The summed E-state index contributed by atoms with van der Waals surface area (Å²) >= 11 is 5.09. The van der Waals surface area contributed by atoms with Crippen LogP contribution in [-0.4, -0.2) is 6.03 Å². The van der Waals surface area contributed by atoms with Crippen LogP contribution in [0.5, 0.6) is 0 Å². The maximum absolute atomic E-state index is 11.8. The number of hydrogen-bond acceptors (Lipinski definition) is 2. The molecular weight excluding hydrogens is 324 g/mol. The number of anilines is 1. The highest BCUT2D eigenvalue weighted by Gasteiger charge is 2.06. The second-order valence-electron chi connectivity index (χ2n) is 4.32. The average Bonchev–Trinajstić information content (AvgIpc) is 2.76. The van der Waals surface area contributed by atoms with Crippen molar-refractivity contribution in [3.8, 4) is 0 Å². The van der Waals surface area contributed by atoms with E-state index in [0.717, 1.165) is 15.7 Å². The molecule has 0 saturated carbocycles. The Morgan fingerprint density at radius 3 is 2.74 bits per heavy atom. The van der Waals surface area contributed by atoms with Crippen molar-refractivity contribution in [1.82, 2.24) is 5.32 Å². The first kappa shape index (κ1) is 14.1. The summed E-state index contributed by atoms with van der Waals surface area (Å²) in [5.41, 5.74) is 3.12. The fourth-order valence-corrected chi connectivity index (χ4v) is 3.07. The third kappa shape index (κ3) is 3.81. The van der Waals surface area contributed by atoms with Crippen LogP contribution in [-0.2, 0) is 6.54 Å². The molecule has 1 aromatic heterocycles. The van der Waals surface area contributed by atoms with Gasteiger partial charge in [-0.1, -0.05) is 6.07 Å². The molecule has 3 nitrogen and oxygen atoms in total. The summed E-state index contributed by atoms with van der Waals surface area (Å²) in [6.07, 6.45) is 0. The monoisotopic (exact) mass is 338 g/mol. The number of carbonyl (C=O) groups is 1.